The summed E-state index contributed by atoms with van der Waals surface area (Å²) in [5, 5.41) is 9.07. The molecule has 4 nitrogen and oxygen atoms in total. The van der Waals surface area contributed by atoms with Crippen LogP contribution in [-0.2, 0) is 6.54 Å². The summed E-state index contributed by atoms with van der Waals surface area (Å²) < 4.78 is 1.85. The molecule has 1 aromatic heterocycles. The molecule has 2 aliphatic rings. The Kier molecular flexibility index (Phi) is 5.63. The maximum absolute atomic E-state index is 13.7. The van der Waals surface area contributed by atoms with Gasteiger partial charge in [-0.15, -0.1) is 0 Å². The first-order chi connectivity index (χ1) is 16.1. The molecule has 178 valence electrons. The molecule has 2 bridgehead atoms. The minimum absolute atomic E-state index is 0.0385. The number of carbonyl (C=O) groups is 1. The van der Waals surface area contributed by atoms with Crippen LogP contribution in [-0.4, -0.2) is 21.7 Å². The zero-order valence-electron chi connectivity index (χ0n) is 20.8. The normalized spacial score (nSPS) is 25.0. The molecule has 2 saturated carbocycles. The Morgan fingerprint density at radius 2 is 1.85 bits per heavy atom. The van der Waals surface area contributed by atoms with Crippen molar-refractivity contribution in [3.63, 3.8) is 0 Å². The number of nitrogens with zero attached hydrogens (tertiary/aromatic N) is 2. The maximum atomic E-state index is 13.7. The summed E-state index contributed by atoms with van der Waals surface area (Å²) in [6.45, 7) is 11.6. The molecule has 5 heteroatoms. The Bertz CT molecular complexity index is 1240. The monoisotopic (exact) mass is 475 g/mol. The fourth-order valence-electron chi connectivity index (χ4n) is 6.40. The van der Waals surface area contributed by atoms with Crippen LogP contribution in [0.25, 0.3) is 11.3 Å². The lowest BCUT2D eigenvalue weighted by atomic mass is 9.68. The van der Waals surface area contributed by atoms with E-state index < -0.39 is 0 Å². The summed E-state index contributed by atoms with van der Waals surface area (Å²) in [6.07, 6.45) is 3.65. The van der Waals surface area contributed by atoms with Crippen molar-refractivity contribution in [3.05, 3.63) is 75.9 Å². The third-order valence-corrected chi connectivity index (χ3v) is 8.89. The molecule has 2 fully saturated rings. The van der Waals surface area contributed by atoms with Crippen LogP contribution in [0, 0.1) is 30.6 Å². The number of aromatic nitrogens is 2. The van der Waals surface area contributed by atoms with Gasteiger partial charge in [-0.3, -0.25) is 9.48 Å². The summed E-state index contributed by atoms with van der Waals surface area (Å²) in [5.41, 5.74) is 5.95. The fourth-order valence-corrected chi connectivity index (χ4v) is 6.52. The minimum atomic E-state index is -0.0385. The van der Waals surface area contributed by atoms with Crippen LogP contribution in [0.3, 0.4) is 0 Å². The molecule has 1 amide bonds. The van der Waals surface area contributed by atoms with Crippen molar-refractivity contribution in [1.82, 2.24) is 15.1 Å². The van der Waals surface area contributed by atoms with Crippen molar-refractivity contribution in [2.75, 3.05) is 0 Å². The first kappa shape index (κ1) is 23.2. The van der Waals surface area contributed by atoms with Crippen molar-refractivity contribution in [2.45, 2.75) is 66.5 Å². The molecular weight excluding hydrogens is 442 g/mol. The van der Waals surface area contributed by atoms with Crippen LogP contribution in [0.15, 0.2) is 48.5 Å². The van der Waals surface area contributed by atoms with E-state index in [0.717, 1.165) is 27.4 Å². The molecule has 0 spiro atoms. The van der Waals surface area contributed by atoms with E-state index in [4.69, 9.17) is 16.7 Å². The van der Waals surface area contributed by atoms with E-state index in [1.165, 1.54) is 24.8 Å². The van der Waals surface area contributed by atoms with Crippen molar-refractivity contribution in [1.29, 1.82) is 0 Å². The Morgan fingerprint density at radius 3 is 2.50 bits per heavy atom. The van der Waals surface area contributed by atoms with Crippen LogP contribution in [0.5, 0.6) is 0 Å². The molecule has 34 heavy (non-hydrogen) atoms. The van der Waals surface area contributed by atoms with Gasteiger partial charge in [0.1, 0.15) is 5.69 Å². The molecule has 0 saturated heterocycles. The average Bonchev–Trinajstić information content (AvgIpc) is 3.44. The van der Waals surface area contributed by atoms with E-state index >= 15 is 0 Å². The third-order valence-electron chi connectivity index (χ3n) is 8.46. The van der Waals surface area contributed by atoms with Gasteiger partial charge in [0, 0.05) is 16.6 Å². The van der Waals surface area contributed by atoms with Gasteiger partial charge in [-0.25, -0.2) is 0 Å². The second-order valence-corrected chi connectivity index (χ2v) is 11.8. The Balaban J connectivity index is 1.50. The number of carbonyl (C=O) groups excluding carboxylic acids is 1. The van der Waals surface area contributed by atoms with Gasteiger partial charge in [0.25, 0.3) is 5.91 Å². The largest absolute Gasteiger partial charge is 0.347 e. The van der Waals surface area contributed by atoms with E-state index in [1.807, 2.05) is 35.9 Å². The quantitative estimate of drug-likeness (QED) is 0.440. The highest BCUT2D eigenvalue weighted by atomic mass is 35.5. The van der Waals surface area contributed by atoms with Crippen LogP contribution in [0.1, 0.15) is 67.2 Å². The van der Waals surface area contributed by atoms with Crippen LogP contribution in [0.2, 0.25) is 5.02 Å². The van der Waals surface area contributed by atoms with Crippen LogP contribution < -0.4 is 5.32 Å². The predicted molar refractivity (Wildman–Crippen MR) is 138 cm³/mol. The molecule has 0 unspecified atom stereocenters. The van der Waals surface area contributed by atoms with Gasteiger partial charge in [0.05, 0.1) is 12.2 Å². The van der Waals surface area contributed by atoms with Crippen LogP contribution in [0.4, 0.5) is 0 Å². The predicted octanol–water partition coefficient (Wildman–Crippen LogP) is 6.81. The number of nitrogens with one attached hydrogen (secondary N) is 1. The highest BCUT2D eigenvalue weighted by molar-refractivity contribution is 6.31. The maximum Gasteiger partial charge on any atom is 0.269 e. The molecule has 0 aliphatic heterocycles. The fraction of sp³-hybridized carbons (Fsp3) is 0.448. The number of halogens is 1. The molecular formula is C29H34ClN3O. The number of rotatable bonds is 5. The van der Waals surface area contributed by atoms with Gasteiger partial charge in [-0.1, -0.05) is 68.3 Å². The van der Waals surface area contributed by atoms with Gasteiger partial charge in [0.2, 0.25) is 0 Å². The number of fused-ring (bicyclic) bond motifs is 2. The number of amides is 1. The molecule has 3 atom stereocenters. The van der Waals surface area contributed by atoms with Gasteiger partial charge < -0.3 is 5.32 Å². The van der Waals surface area contributed by atoms with E-state index in [-0.39, 0.29) is 22.8 Å². The summed E-state index contributed by atoms with van der Waals surface area (Å²) in [6, 6.07) is 16.4. The van der Waals surface area contributed by atoms with Gasteiger partial charge in [-0.05, 0) is 79.2 Å². The molecule has 3 aromatic rings. The minimum Gasteiger partial charge on any atom is -0.347 e. The zero-order valence-corrected chi connectivity index (χ0v) is 21.5. The van der Waals surface area contributed by atoms with E-state index in [9.17, 15) is 4.79 Å². The molecule has 1 heterocycles. The van der Waals surface area contributed by atoms with Gasteiger partial charge in [-0.2, -0.15) is 5.10 Å². The van der Waals surface area contributed by atoms with E-state index in [1.54, 1.807) is 0 Å². The van der Waals surface area contributed by atoms with Crippen molar-refractivity contribution in [2.24, 2.45) is 16.7 Å². The second kappa shape index (κ2) is 8.27. The SMILES string of the molecule is Cc1ccc(Cn2nc(-c3ccc(Cl)c(C)c3)cc2C(=O)N[C@@H]2C(C)(C)[C@@H]3CC[C@@]2(C)C3)cc1. The molecule has 5 rings (SSSR count). The molecule has 2 aromatic carbocycles. The summed E-state index contributed by atoms with van der Waals surface area (Å²) >= 11 is 6.25. The smallest absolute Gasteiger partial charge is 0.269 e. The van der Waals surface area contributed by atoms with Crippen LogP contribution >= 0.6 is 11.6 Å². The van der Waals surface area contributed by atoms with Gasteiger partial charge in [0.15, 0.2) is 0 Å². The molecule has 2 aliphatic carbocycles. The summed E-state index contributed by atoms with van der Waals surface area (Å²) in [5.74, 6) is 0.635. The van der Waals surface area contributed by atoms with Crippen molar-refractivity contribution < 1.29 is 4.79 Å². The van der Waals surface area contributed by atoms with E-state index in [0.29, 0.717) is 18.2 Å². The van der Waals surface area contributed by atoms with Gasteiger partial charge >= 0.3 is 0 Å². The number of hydrogen-bond acceptors (Lipinski definition) is 2. The number of benzene rings is 2. The third kappa shape index (κ3) is 3.96. The lowest BCUT2D eigenvalue weighted by molar-refractivity contribution is 0.0728. The first-order valence-electron chi connectivity index (χ1n) is 12.3. The number of aryl methyl sites for hydroxylation is 2. The Morgan fingerprint density at radius 1 is 1.12 bits per heavy atom. The average molecular weight is 476 g/mol. The second-order valence-electron chi connectivity index (χ2n) is 11.3. The lowest BCUT2D eigenvalue weighted by Gasteiger charge is -2.43. The zero-order chi connectivity index (χ0) is 24.3. The first-order valence-corrected chi connectivity index (χ1v) is 12.7. The standard InChI is InChI=1S/C29H34ClN3O/c1-18-6-8-20(9-7-18)17-33-25(15-24(32-33)21-10-11-23(30)19(2)14-21)26(34)31-27-28(3,4)22-12-13-29(27,5)16-22/h6-11,14-15,22,27H,12-13,16-17H2,1-5H3,(H,31,34)/t22-,27-,29+/m1/s1. The topological polar surface area (TPSA) is 46.9 Å². The molecule has 1 N–H and O–H groups in total. The highest BCUT2D eigenvalue weighted by Gasteiger charge is 2.59. The lowest BCUT2D eigenvalue weighted by Crippen LogP contribution is -2.52. The highest BCUT2D eigenvalue weighted by Crippen LogP contribution is 2.62. The molecule has 0 radical (unpaired) electrons. The Hall–Kier alpha value is -2.59. The summed E-state index contributed by atoms with van der Waals surface area (Å²) in [7, 11) is 0. The van der Waals surface area contributed by atoms with Crippen molar-refractivity contribution in [3.8, 4) is 11.3 Å². The number of hydrogen-bond donors (Lipinski definition) is 1. The van der Waals surface area contributed by atoms with Crippen molar-refractivity contribution >= 4 is 17.5 Å². The Labute approximate surface area is 207 Å². The summed E-state index contributed by atoms with van der Waals surface area (Å²) in [4.78, 5) is 13.7. The van der Waals surface area contributed by atoms with E-state index in [2.05, 4.69) is 57.3 Å².